The summed E-state index contributed by atoms with van der Waals surface area (Å²) >= 11 is 5.71. The summed E-state index contributed by atoms with van der Waals surface area (Å²) in [5, 5.41) is 3.19. The molecule has 4 bridgehead atoms. The van der Waals surface area contributed by atoms with Crippen molar-refractivity contribution in [3.05, 3.63) is 0 Å². The highest BCUT2D eigenvalue weighted by atomic mass is 35.5. The van der Waals surface area contributed by atoms with Gasteiger partial charge in [-0.3, -0.25) is 4.79 Å². The van der Waals surface area contributed by atoms with Crippen LogP contribution in [0.5, 0.6) is 0 Å². The highest BCUT2D eigenvalue weighted by Crippen LogP contribution is 2.61. The third-order valence-corrected chi connectivity index (χ3v) is 6.15. The molecule has 4 fully saturated rings. The van der Waals surface area contributed by atoms with Gasteiger partial charge in [0.1, 0.15) is 0 Å². The molecule has 20 heavy (non-hydrogen) atoms. The maximum atomic E-state index is 12.4. The van der Waals surface area contributed by atoms with Crippen molar-refractivity contribution in [1.29, 1.82) is 0 Å². The van der Waals surface area contributed by atoms with Crippen LogP contribution >= 0.6 is 11.6 Å². The maximum absolute atomic E-state index is 12.4. The molecule has 0 radical (unpaired) electrons. The first-order valence-corrected chi connectivity index (χ1v) is 8.97. The van der Waals surface area contributed by atoms with Gasteiger partial charge in [0.05, 0.1) is 0 Å². The normalized spacial score (nSPS) is 39.8. The predicted molar refractivity (Wildman–Crippen MR) is 82.8 cm³/mol. The lowest BCUT2D eigenvalue weighted by atomic mass is 9.49. The van der Waals surface area contributed by atoms with Crippen LogP contribution in [-0.4, -0.2) is 17.8 Å². The molecule has 0 heterocycles. The zero-order valence-corrected chi connectivity index (χ0v) is 13.4. The highest BCUT2D eigenvalue weighted by molar-refractivity contribution is 6.17. The Bertz CT molecular complexity index is 333. The average molecular weight is 298 g/mol. The quantitative estimate of drug-likeness (QED) is 0.734. The molecule has 0 spiro atoms. The molecule has 0 aromatic heterocycles. The van der Waals surface area contributed by atoms with Gasteiger partial charge in [0, 0.05) is 18.3 Å². The molecule has 1 atom stereocenters. The minimum absolute atomic E-state index is 0.273. The fourth-order valence-corrected chi connectivity index (χ4v) is 5.78. The summed E-state index contributed by atoms with van der Waals surface area (Å²) in [4.78, 5) is 12.4. The number of amides is 1. The number of hydrogen-bond acceptors (Lipinski definition) is 1. The molecule has 1 unspecified atom stereocenters. The van der Waals surface area contributed by atoms with Gasteiger partial charge in [-0.05, 0) is 81.5 Å². The van der Waals surface area contributed by atoms with Crippen molar-refractivity contribution in [1.82, 2.24) is 5.32 Å². The summed E-state index contributed by atoms with van der Waals surface area (Å²) in [6.45, 7) is 2.10. The van der Waals surface area contributed by atoms with Gasteiger partial charge in [-0.1, -0.05) is 0 Å². The second kappa shape index (κ2) is 5.87. The van der Waals surface area contributed by atoms with Gasteiger partial charge >= 0.3 is 0 Å². The number of alkyl halides is 1. The average Bonchev–Trinajstić information content (AvgIpc) is 2.33. The van der Waals surface area contributed by atoms with E-state index >= 15 is 0 Å². The van der Waals surface area contributed by atoms with Crippen LogP contribution in [0.2, 0.25) is 0 Å². The summed E-state index contributed by atoms with van der Waals surface area (Å²) < 4.78 is 0. The largest absolute Gasteiger partial charge is 0.354 e. The van der Waals surface area contributed by atoms with Crippen LogP contribution in [0.25, 0.3) is 0 Å². The van der Waals surface area contributed by atoms with Crippen LogP contribution in [0.4, 0.5) is 0 Å². The Balaban J connectivity index is 1.53. The van der Waals surface area contributed by atoms with Gasteiger partial charge < -0.3 is 5.32 Å². The smallest absolute Gasteiger partial charge is 0.220 e. The molecule has 2 nitrogen and oxygen atoms in total. The van der Waals surface area contributed by atoms with Crippen molar-refractivity contribution in [3.8, 4) is 0 Å². The van der Waals surface area contributed by atoms with E-state index in [0.29, 0.717) is 11.3 Å². The van der Waals surface area contributed by atoms with Crippen molar-refractivity contribution < 1.29 is 4.79 Å². The molecule has 0 aliphatic heterocycles. The van der Waals surface area contributed by atoms with E-state index in [1.54, 1.807) is 0 Å². The fraction of sp³-hybridized carbons (Fsp3) is 0.941. The van der Waals surface area contributed by atoms with E-state index in [1.165, 1.54) is 38.5 Å². The van der Waals surface area contributed by atoms with E-state index in [4.69, 9.17) is 11.6 Å². The standard InChI is InChI=1S/C17H28ClNO/c1-12(3-2-4-18)19-16(20)11-17-8-13-5-14(9-17)7-15(6-13)10-17/h12-15H,2-11H2,1H3,(H,19,20). The summed E-state index contributed by atoms with van der Waals surface area (Å²) in [5.74, 6) is 3.78. The zero-order chi connectivity index (χ0) is 14.2. The number of rotatable bonds is 6. The minimum Gasteiger partial charge on any atom is -0.354 e. The topological polar surface area (TPSA) is 29.1 Å². The van der Waals surface area contributed by atoms with Crippen molar-refractivity contribution in [2.24, 2.45) is 23.2 Å². The summed E-state index contributed by atoms with van der Waals surface area (Å²) in [5.41, 5.74) is 0.366. The number of nitrogens with one attached hydrogen (secondary N) is 1. The van der Waals surface area contributed by atoms with E-state index in [-0.39, 0.29) is 11.9 Å². The van der Waals surface area contributed by atoms with Gasteiger partial charge in [-0.2, -0.15) is 0 Å². The lowest BCUT2D eigenvalue weighted by molar-refractivity contribution is -0.130. The van der Waals surface area contributed by atoms with Crippen molar-refractivity contribution in [2.45, 2.75) is 70.8 Å². The molecular formula is C17H28ClNO. The number of hydrogen-bond donors (Lipinski definition) is 1. The molecule has 1 N–H and O–H groups in total. The molecule has 4 saturated carbocycles. The molecule has 3 heteroatoms. The molecule has 4 aliphatic rings. The predicted octanol–water partition coefficient (Wildman–Crippen LogP) is 4.12. The van der Waals surface area contributed by atoms with E-state index in [2.05, 4.69) is 12.2 Å². The highest BCUT2D eigenvalue weighted by Gasteiger charge is 2.51. The van der Waals surface area contributed by atoms with Crippen LogP contribution < -0.4 is 5.32 Å². The van der Waals surface area contributed by atoms with Gasteiger partial charge in [0.2, 0.25) is 5.91 Å². The Morgan fingerprint density at radius 3 is 2.25 bits per heavy atom. The minimum atomic E-state index is 0.273. The Kier molecular flexibility index (Phi) is 4.31. The summed E-state index contributed by atoms with van der Waals surface area (Å²) in [7, 11) is 0. The Labute approximate surface area is 128 Å². The van der Waals surface area contributed by atoms with Crippen LogP contribution in [0.15, 0.2) is 0 Å². The molecule has 1 amide bonds. The number of halogens is 1. The molecule has 0 aromatic carbocycles. The monoisotopic (exact) mass is 297 g/mol. The maximum Gasteiger partial charge on any atom is 0.220 e. The van der Waals surface area contributed by atoms with Gasteiger partial charge in [0.15, 0.2) is 0 Å². The van der Waals surface area contributed by atoms with Gasteiger partial charge in [-0.25, -0.2) is 0 Å². The van der Waals surface area contributed by atoms with E-state index in [0.717, 1.165) is 37.0 Å². The van der Waals surface area contributed by atoms with Crippen LogP contribution in [-0.2, 0) is 4.79 Å². The second-order valence-corrected chi connectivity index (χ2v) is 8.27. The van der Waals surface area contributed by atoms with Crippen LogP contribution in [0.3, 0.4) is 0 Å². The SMILES string of the molecule is CC(CCCCl)NC(=O)CC12CC3CC(CC(C3)C1)C2. The first kappa shape index (κ1) is 14.7. The molecular weight excluding hydrogens is 270 g/mol. The Morgan fingerprint density at radius 1 is 1.20 bits per heavy atom. The second-order valence-electron chi connectivity index (χ2n) is 7.89. The van der Waals surface area contributed by atoms with Gasteiger partial charge in [0.25, 0.3) is 0 Å². The third-order valence-electron chi connectivity index (χ3n) is 5.88. The molecule has 0 saturated heterocycles. The summed E-state index contributed by atoms with van der Waals surface area (Å²) in [6.07, 6.45) is 11.1. The Morgan fingerprint density at radius 2 is 1.75 bits per heavy atom. The lowest BCUT2D eigenvalue weighted by Crippen LogP contribution is -2.48. The molecule has 4 rings (SSSR count). The van der Waals surface area contributed by atoms with E-state index < -0.39 is 0 Å². The first-order chi connectivity index (χ1) is 9.58. The van der Waals surface area contributed by atoms with Crippen molar-refractivity contribution in [2.75, 3.05) is 5.88 Å². The third kappa shape index (κ3) is 3.16. The van der Waals surface area contributed by atoms with Gasteiger partial charge in [-0.15, -0.1) is 11.6 Å². The van der Waals surface area contributed by atoms with E-state index in [9.17, 15) is 4.79 Å². The zero-order valence-electron chi connectivity index (χ0n) is 12.7. The van der Waals surface area contributed by atoms with E-state index in [1.807, 2.05) is 0 Å². The summed E-state index contributed by atoms with van der Waals surface area (Å²) in [6, 6.07) is 0.273. The Hall–Kier alpha value is -0.240. The van der Waals surface area contributed by atoms with Crippen molar-refractivity contribution in [3.63, 3.8) is 0 Å². The molecule has 114 valence electrons. The first-order valence-electron chi connectivity index (χ1n) is 8.44. The molecule has 0 aromatic rings. The molecule has 4 aliphatic carbocycles. The number of carbonyl (C=O) groups excluding carboxylic acids is 1. The van der Waals surface area contributed by atoms with Crippen LogP contribution in [0, 0.1) is 23.2 Å². The lowest BCUT2D eigenvalue weighted by Gasteiger charge is -2.56. The van der Waals surface area contributed by atoms with Crippen molar-refractivity contribution >= 4 is 17.5 Å². The fourth-order valence-electron chi connectivity index (χ4n) is 5.63. The van der Waals surface area contributed by atoms with Crippen LogP contribution in [0.1, 0.15) is 64.7 Å². The number of carbonyl (C=O) groups is 1.